The highest BCUT2D eigenvalue weighted by Gasteiger charge is 2.18. The minimum atomic E-state index is 0.0811. The zero-order valence-electron chi connectivity index (χ0n) is 15.4. The van der Waals surface area contributed by atoms with E-state index in [-0.39, 0.29) is 11.6 Å². The van der Waals surface area contributed by atoms with Crippen LogP contribution in [-0.2, 0) is 0 Å². The number of pyridine rings is 1. The molecule has 3 aromatic heterocycles. The average molecular weight is 359 g/mol. The maximum atomic E-state index is 12.9. The summed E-state index contributed by atoms with van der Waals surface area (Å²) in [5.74, 6) is 0. The van der Waals surface area contributed by atoms with E-state index >= 15 is 0 Å². The standard InChI is InChI=1S/C21H21N5O/c1-13-9-19(24-26-12-14(2)23-20(13)26)16-3-4-18-15(10-16)6-8-25(21(18)27)17-5-7-22-11-17/h3-4,6,8-10,12,17,22H,5,7,11H2,1-2H3. The second kappa shape index (κ2) is 6.03. The molecule has 0 radical (unpaired) electrons. The molecule has 1 aliphatic rings. The van der Waals surface area contributed by atoms with Crippen molar-refractivity contribution in [2.45, 2.75) is 26.3 Å². The van der Waals surface area contributed by atoms with Gasteiger partial charge in [-0.1, -0.05) is 6.07 Å². The number of aryl methyl sites for hydroxylation is 2. The number of rotatable bonds is 2. The lowest BCUT2D eigenvalue weighted by Crippen LogP contribution is -2.25. The second-order valence-electron chi connectivity index (χ2n) is 7.34. The van der Waals surface area contributed by atoms with Gasteiger partial charge in [0.25, 0.3) is 5.56 Å². The summed E-state index contributed by atoms with van der Waals surface area (Å²) in [5.41, 5.74) is 4.87. The van der Waals surface area contributed by atoms with Gasteiger partial charge in [0.05, 0.1) is 23.6 Å². The van der Waals surface area contributed by atoms with Crippen molar-refractivity contribution in [2.75, 3.05) is 13.1 Å². The van der Waals surface area contributed by atoms with Crippen LogP contribution in [0.3, 0.4) is 0 Å². The van der Waals surface area contributed by atoms with E-state index in [9.17, 15) is 4.79 Å². The summed E-state index contributed by atoms with van der Waals surface area (Å²) in [4.78, 5) is 17.4. The Bertz CT molecular complexity index is 1230. The molecule has 27 heavy (non-hydrogen) atoms. The molecule has 1 saturated heterocycles. The summed E-state index contributed by atoms with van der Waals surface area (Å²) < 4.78 is 3.69. The Kier molecular flexibility index (Phi) is 3.62. The highest BCUT2D eigenvalue weighted by atomic mass is 16.1. The molecule has 0 spiro atoms. The van der Waals surface area contributed by atoms with E-state index in [4.69, 9.17) is 5.10 Å². The van der Waals surface area contributed by atoms with Gasteiger partial charge in [-0.2, -0.15) is 5.10 Å². The molecule has 1 aliphatic heterocycles. The molecule has 1 aromatic carbocycles. The van der Waals surface area contributed by atoms with Crippen LogP contribution in [0.4, 0.5) is 0 Å². The third kappa shape index (κ3) is 2.64. The fraction of sp³-hybridized carbons (Fsp3) is 0.286. The topological polar surface area (TPSA) is 64.2 Å². The summed E-state index contributed by atoms with van der Waals surface area (Å²) in [6.07, 6.45) is 4.85. The molecule has 1 fully saturated rings. The maximum Gasteiger partial charge on any atom is 0.258 e. The smallest absolute Gasteiger partial charge is 0.258 e. The molecular weight excluding hydrogens is 338 g/mol. The molecule has 0 aliphatic carbocycles. The highest BCUT2D eigenvalue weighted by Crippen LogP contribution is 2.24. The molecule has 0 amide bonds. The Balaban J connectivity index is 1.62. The zero-order chi connectivity index (χ0) is 18.5. The number of nitrogens with one attached hydrogen (secondary N) is 1. The molecule has 1 atom stereocenters. The van der Waals surface area contributed by atoms with Crippen LogP contribution in [0.15, 0.2) is 47.5 Å². The van der Waals surface area contributed by atoms with Gasteiger partial charge in [-0.05, 0) is 62.0 Å². The molecule has 4 heterocycles. The Morgan fingerprint density at radius 3 is 2.89 bits per heavy atom. The lowest BCUT2D eigenvalue weighted by atomic mass is 10.0. The van der Waals surface area contributed by atoms with Gasteiger partial charge in [-0.15, -0.1) is 0 Å². The van der Waals surface area contributed by atoms with E-state index in [0.29, 0.717) is 0 Å². The van der Waals surface area contributed by atoms with Gasteiger partial charge in [0, 0.05) is 23.7 Å². The lowest BCUT2D eigenvalue weighted by molar-refractivity contribution is 0.532. The summed E-state index contributed by atoms with van der Waals surface area (Å²) in [5, 5.41) is 9.72. The normalized spacial score (nSPS) is 17.2. The SMILES string of the molecule is Cc1cn2nc(-c3ccc4c(=O)n(C5CCNC5)ccc4c3)cc(C)c2n1. The second-order valence-corrected chi connectivity index (χ2v) is 7.34. The summed E-state index contributed by atoms with van der Waals surface area (Å²) >= 11 is 0. The molecular formula is C21H21N5O. The van der Waals surface area contributed by atoms with Gasteiger partial charge in [-0.25, -0.2) is 9.50 Å². The Hall–Kier alpha value is -2.99. The van der Waals surface area contributed by atoms with Crippen LogP contribution in [0.1, 0.15) is 23.7 Å². The number of fused-ring (bicyclic) bond motifs is 2. The predicted molar refractivity (Wildman–Crippen MR) is 106 cm³/mol. The number of hydrogen-bond donors (Lipinski definition) is 1. The molecule has 0 bridgehead atoms. The molecule has 5 rings (SSSR count). The van der Waals surface area contributed by atoms with Crippen LogP contribution >= 0.6 is 0 Å². The predicted octanol–water partition coefficient (Wildman–Crippen LogP) is 2.86. The summed E-state index contributed by atoms with van der Waals surface area (Å²) in [6.45, 7) is 5.84. The third-order valence-corrected chi connectivity index (χ3v) is 5.38. The molecule has 1 unspecified atom stereocenters. The van der Waals surface area contributed by atoms with Crippen LogP contribution in [0.2, 0.25) is 0 Å². The van der Waals surface area contributed by atoms with Crippen LogP contribution in [0, 0.1) is 13.8 Å². The first kappa shape index (κ1) is 16.2. The average Bonchev–Trinajstić information content (AvgIpc) is 3.31. The van der Waals surface area contributed by atoms with Gasteiger partial charge in [0.15, 0.2) is 5.65 Å². The minimum Gasteiger partial charge on any atom is -0.315 e. The quantitative estimate of drug-likeness (QED) is 0.598. The van der Waals surface area contributed by atoms with E-state index in [1.807, 2.05) is 65.7 Å². The van der Waals surface area contributed by atoms with Crippen molar-refractivity contribution < 1.29 is 0 Å². The van der Waals surface area contributed by atoms with Gasteiger partial charge < -0.3 is 9.88 Å². The van der Waals surface area contributed by atoms with Crippen molar-refractivity contribution in [1.82, 2.24) is 24.5 Å². The molecule has 136 valence electrons. The lowest BCUT2D eigenvalue weighted by Gasteiger charge is -2.14. The van der Waals surface area contributed by atoms with Crippen molar-refractivity contribution >= 4 is 16.4 Å². The van der Waals surface area contributed by atoms with Gasteiger partial charge in [0.1, 0.15) is 0 Å². The number of aromatic nitrogens is 4. The first-order valence-electron chi connectivity index (χ1n) is 9.30. The largest absolute Gasteiger partial charge is 0.315 e. The monoisotopic (exact) mass is 359 g/mol. The fourth-order valence-corrected chi connectivity index (χ4v) is 3.97. The number of benzene rings is 1. The van der Waals surface area contributed by atoms with Gasteiger partial charge >= 0.3 is 0 Å². The van der Waals surface area contributed by atoms with E-state index in [2.05, 4.69) is 10.3 Å². The van der Waals surface area contributed by atoms with Crippen molar-refractivity contribution in [3.63, 3.8) is 0 Å². The first-order valence-corrected chi connectivity index (χ1v) is 9.30. The third-order valence-electron chi connectivity index (χ3n) is 5.38. The highest BCUT2D eigenvalue weighted by molar-refractivity contribution is 5.86. The Morgan fingerprint density at radius 2 is 2.07 bits per heavy atom. The number of hydrogen-bond acceptors (Lipinski definition) is 4. The molecule has 4 aromatic rings. The molecule has 6 heteroatoms. The number of imidazole rings is 1. The summed E-state index contributed by atoms with van der Waals surface area (Å²) in [6, 6.07) is 10.3. The van der Waals surface area contributed by atoms with Crippen molar-refractivity contribution in [3.8, 4) is 11.3 Å². The van der Waals surface area contributed by atoms with Crippen LogP contribution in [-0.4, -0.2) is 32.3 Å². The molecule has 1 N–H and O–H groups in total. The van der Waals surface area contributed by atoms with E-state index in [0.717, 1.165) is 58.4 Å². The van der Waals surface area contributed by atoms with Gasteiger partial charge in [0.2, 0.25) is 0 Å². The van der Waals surface area contributed by atoms with Crippen LogP contribution in [0.25, 0.3) is 27.7 Å². The van der Waals surface area contributed by atoms with Crippen molar-refractivity contribution in [1.29, 1.82) is 0 Å². The number of nitrogens with zero attached hydrogens (tertiary/aromatic N) is 4. The van der Waals surface area contributed by atoms with E-state index < -0.39 is 0 Å². The van der Waals surface area contributed by atoms with Crippen molar-refractivity contribution in [3.05, 3.63) is 64.3 Å². The van der Waals surface area contributed by atoms with Crippen LogP contribution < -0.4 is 10.9 Å². The first-order chi connectivity index (χ1) is 13.1. The van der Waals surface area contributed by atoms with Crippen molar-refractivity contribution in [2.24, 2.45) is 0 Å². The minimum absolute atomic E-state index is 0.0811. The molecule has 6 nitrogen and oxygen atoms in total. The molecule has 0 saturated carbocycles. The Morgan fingerprint density at radius 1 is 1.19 bits per heavy atom. The van der Waals surface area contributed by atoms with Crippen LogP contribution in [0.5, 0.6) is 0 Å². The maximum absolute atomic E-state index is 12.9. The summed E-state index contributed by atoms with van der Waals surface area (Å²) in [7, 11) is 0. The zero-order valence-corrected chi connectivity index (χ0v) is 15.4. The van der Waals surface area contributed by atoms with Gasteiger partial charge in [-0.3, -0.25) is 4.79 Å². The van der Waals surface area contributed by atoms with E-state index in [1.165, 1.54) is 0 Å². The Labute approximate surface area is 156 Å². The fourth-order valence-electron chi connectivity index (χ4n) is 3.97. The van der Waals surface area contributed by atoms with E-state index in [1.54, 1.807) is 0 Å².